The van der Waals surface area contributed by atoms with E-state index in [0.717, 1.165) is 23.4 Å². The van der Waals surface area contributed by atoms with Crippen LogP contribution < -0.4 is 5.32 Å². The third kappa shape index (κ3) is 3.84. The highest BCUT2D eigenvalue weighted by molar-refractivity contribution is 7.88. The lowest BCUT2D eigenvalue weighted by molar-refractivity contribution is -0.120. The van der Waals surface area contributed by atoms with E-state index in [1.807, 2.05) is 24.3 Å². The quantitative estimate of drug-likeness (QED) is 0.887. The molecule has 2 aromatic carbocycles. The molecule has 1 N–H and O–H groups in total. The SMILES string of the molecule is CS(=O)(=O)N1Cc2ccccc2C[C@H]1C(=O)Nc1ccc(F)c(Cl)c1. The van der Waals surface area contributed by atoms with Crippen LogP contribution in [0.1, 0.15) is 11.1 Å². The number of hydrogen-bond donors (Lipinski definition) is 1. The third-order valence-corrected chi connectivity index (χ3v) is 5.65. The fourth-order valence-electron chi connectivity index (χ4n) is 2.87. The molecule has 0 fully saturated rings. The van der Waals surface area contributed by atoms with E-state index in [0.29, 0.717) is 5.69 Å². The second-order valence-corrected chi connectivity index (χ2v) is 8.26. The first-order chi connectivity index (χ1) is 11.8. The third-order valence-electron chi connectivity index (χ3n) is 4.12. The predicted octanol–water partition coefficient (Wildman–Crippen LogP) is 2.80. The molecule has 0 saturated heterocycles. The molecule has 1 atom stereocenters. The maximum absolute atomic E-state index is 13.2. The maximum Gasteiger partial charge on any atom is 0.243 e. The lowest BCUT2D eigenvalue weighted by Crippen LogP contribution is -2.50. The Morgan fingerprint density at radius 2 is 1.92 bits per heavy atom. The highest BCUT2D eigenvalue weighted by Gasteiger charge is 2.36. The van der Waals surface area contributed by atoms with Crippen molar-refractivity contribution in [1.82, 2.24) is 4.31 Å². The number of hydrogen-bond acceptors (Lipinski definition) is 3. The Kier molecular flexibility index (Phi) is 4.81. The minimum Gasteiger partial charge on any atom is -0.325 e. The smallest absolute Gasteiger partial charge is 0.243 e. The molecule has 1 aliphatic heterocycles. The van der Waals surface area contributed by atoms with Gasteiger partial charge in [-0.05, 0) is 35.7 Å². The number of sulfonamides is 1. The molecule has 3 rings (SSSR count). The van der Waals surface area contributed by atoms with Crippen molar-refractivity contribution in [2.45, 2.75) is 19.0 Å². The molecule has 0 aromatic heterocycles. The van der Waals surface area contributed by atoms with Gasteiger partial charge in [0, 0.05) is 12.2 Å². The summed E-state index contributed by atoms with van der Waals surface area (Å²) >= 11 is 5.72. The fourth-order valence-corrected chi connectivity index (χ4v) is 4.06. The minimum atomic E-state index is -3.58. The Morgan fingerprint density at radius 1 is 1.24 bits per heavy atom. The van der Waals surface area contributed by atoms with Crippen LogP contribution in [0.4, 0.5) is 10.1 Å². The molecule has 25 heavy (non-hydrogen) atoms. The minimum absolute atomic E-state index is 0.119. The van der Waals surface area contributed by atoms with Crippen LogP contribution in [0, 0.1) is 5.82 Å². The Bertz CT molecular complexity index is 933. The Balaban J connectivity index is 1.89. The van der Waals surface area contributed by atoms with Crippen molar-refractivity contribution >= 4 is 33.2 Å². The first-order valence-electron chi connectivity index (χ1n) is 7.55. The van der Waals surface area contributed by atoms with Gasteiger partial charge < -0.3 is 5.32 Å². The topological polar surface area (TPSA) is 66.5 Å². The highest BCUT2D eigenvalue weighted by atomic mass is 35.5. The monoisotopic (exact) mass is 382 g/mol. The molecule has 0 bridgehead atoms. The fraction of sp³-hybridized carbons (Fsp3) is 0.235. The number of rotatable bonds is 3. The van der Waals surface area contributed by atoms with Crippen LogP contribution in [-0.2, 0) is 27.8 Å². The van der Waals surface area contributed by atoms with Crippen molar-refractivity contribution in [3.05, 3.63) is 64.4 Å². The van der Waals surface area contributed by atoms with Gasteiger partial charge in [-0.25, -0.2) is 12.8 Å². The molecule has 1 heterocycles. The molecule has 2 aromatic rings. The summed E-state index contributed by atoms with van der Waals surface area (Å²) in [7, 11) is -3.58. The molecular formula is C17H16ClFN2O3S. The molecule has 0 saturated carbocycles. The molecular weight excluding hydrogens is 367 g/mol. The van der Waals surface area contributed by atoms with Gasteiger partial charge in [0.15, 0.2) is 0 Å². The van der Waals surface area contributed by atoms with Gasteiger partial charge in [0.2, 0.25) is 15.9 Å². The van der Waals surface area contributed by atoms with Gasteiger partial charge in [-0.1, -0.05) is 35.9 Å². The van der Waals surface area contributed by atoms with E-state index >= 15 is 0 Å². The number of carbonyl (C=O) groups is 1. The first kappa shape index (κ1) is 17.8. The normalized spacial score (nSPS) is 17.8. The average Bonchev–Trinajstić information content (AvgIpc) is 2.56. The number of halogens is 2. The highest BCUT2D eigenvalue weighted by Crippen LogP contribution is 2.27. The summed E-state index contributed by atoms with van der Waals surface area (Å²) in [5.41, 5.74) is 2.12. The van der Waals surface area contributed by atoms with E-state index in [9.17, 15) is 17.6 Å². The zero-order valence-corrected chi connectivity index (χ0v) is 14.9. The molecule has 1 amide bonds. The molecule has 0 spiro atoms. The summed E-state index contributed by atoms with van der Waals surface area (Å²) in [5, 5.41) is 2.50. The summed E-state index contributed by atoms with van der Waals surface area (Å²) in [6.45, 7) is 0.136. The first-order valence-corrected chi connectivity index (χ1v) is 9.78. The van der Waals surface area contributed by atoms with E-state index in [4.69, 9.17) is 11.6 Å². The largest absolute Gasteiger partial charge is 0.325 e. The van der Waals surface area contributed by atoms with Crippen molar-refractivity contribution in [2.24, 2.45) is 0 Å². The van der Waals surface area contributed by atoms with Crippen LogP contribution in [0.2, 0.25) is 5.02 Å². The Morgan fingerprint density at radius 3 is 2.56 bits per heavy atom. The predicted molar refractivity (Wildman–Crippen MR) is 94.4 cm³/mol. The van der Waals surface area contributed by atoms with E-state index in [1.165, 1.54) is 16.4 Å². The van der Waals surface area contributed by atoms with Crippen molar-refractivity contribution < 1.29 is 17.6 Å². The van der Waals surface area contributed by atoms with Crippen LogP contribution in [0.25, 0.3) is 0 Å². The Labute approximate surface area is 150 Å². The van der Waals surface area contributed by atoms with Crippen LogP contribution in [0.15, 0.2) is 42.5 Å². The van der Waals surface area contributed by atoms with Crippen molar-refractivity contribution in [1.29, 1.82) is 0 Å². The number of carbonyl (C=O) groups excluding carboxylic acids is 1. The summed E-state index contributed by atoms with van der Waals surface area (Å²) in [6, 6.07) is 10.3. The van der Waals surface area contributed by atoms with E-state index in [2.05, 4.69) is 5.32 Å². The second-order valence-electron chi connectivity index (χ2n) is 5.91. The molecule has 0 unspecified atom stereocenters. The van der Waals surface area contributed by atoms with Crippen molar-refractivity contribution in [3.8, 4) is 0 Å². The van der Waals surface area contributed by atoms with Gasteiger partial charge in [-0.2, -0.15) is 4.31 Å². The summed E-state index contributed by atoms with van der Waals surface area (Å²) < 4.78 is 38.7. The Hall–Kier alpha value is -1.96. The maximum atomic E-state index is 13.2. The van der Waals surface area contributed by atoms with Gasteiger partial charge in [0.1, 0.15) is 11.9 Å². The molecule has 8 heteroatoms. The number of nitrogens with one attached hydrogen (secondary N) is 1. The van der Waals surface area contributed by atoms with Gasteiger partial charge >= 0.3 is 0 Å². The standard InChI is InChI=1S/C17H16ClFN2O3S/c1-25(23,24)21-10-12-5-3-2-4-11(12)8-16(21)17(22)20-13-6-7-15(19)14(18)9-13/h2-7,9,16H,8,10H2,1H3,(H,20,22)/t16-/m0/s1. The van der Waals surface area contributed by atoms with Gasteiger partial charge in [0.25, 0.3) is 0 Å². The number of amides is 1. The number of nitrogens with zero attached hydrogens (tertiary/aromatic N) is 1. The van der Waals surface area contributed by atoms with E-state index < -0.39 is 27.8 Å². The van der Waals surface area contributed by atoms with E-state index in [1.54, 1.807) is 0 Å². The molecule has 1 aliphatic rings. The molecule has 5 nitrogen and oxygen atoms in total. The van der Waals surface area contributed by atoms with E-state index in [-0.39, 0.29) is 18.0 Å². The van der Waals surface area contributed by atoms with Crippen LogP contribution in [0.5, 0.6) is 0 Å². The lowest BCUT2D eigenvalue weighted by atomic mass is 9.95. The van der Waals surface area contributed by atoms with Gasteiger partial charge in [-0.3, -0.25) is 4.79 Å². The molecule has 0 aliphatic carbocycles. The average molecular weight is 383 g/mol. The van der Waals surface area contributed by atoms with Crippen LogP contribution in [0.3, 0.4) is 0 Å². The number of benzene rings is 2. The summed E-state index contributed by atoms with van der Waals surface area (Å²) in [6.07, 6.45) is 1.35. The number of fused-ring (bicyclic) bond motifs is 1. The van der Waals surface area contributed by atoms with Crippen molar-refractivity contribution in [2.75, 3.05) is 11.6 Å². The van der Waals surface area contributed by atoms with Gasteiger partial charge in [-0.15, -0.1) is 0 Å². The van der Waals surface area contributed by atoms with Gasteiger partial charge in [0.05, 0.1) is 11.3 Å². The van der Waals surface area contributed by atoms with Crippen molar-refractivity contribution in [3.63, 3.8) is 0 Å². The van der Waals surface area contributed by atoms with Crippen LogP contribution >= 0.6 is 11.6 Å². The lowest BCUT2D eigenvalue weighted by Gasteiger charge is -2.34. The molecule has 132 valence electrons. The zero-order valence-electron chi connectivity index (χ0n) is 13.4. The summed E-state index contributed by atoms with van der Waals surface area (Å²) in [5.74, 6) is -1.08. The summed E-state index contributed by atoms with van der Waals surface area (Å²) in [4.78, 5) is 12.7. The van der Waals surface area contributed by atoms with Crippen LogP contribution in [-0.4, -0.2) is 30.9 Å². The number of anilines is 1. The zero-order chi connectivity index (χ0) is 18.2. The second kappa shape index (κ2) is 6.74. The molecule has 0 radical (unpaired) electrons.